The van der Waals surface area contributed by atoms with Crippen LogP contribution in [0.15, 0.2) is 24.3 Å². The van der Waals surface area contributed by atoms with Gasteiger partial charge in [0.25, 0.3) is 0 Å². The van der Waals surface area contributed by atoms with Crippen molar-refractivity contribution >= 4 is 11.6 Å². The lowest BCUT2D eigenvalue weighted by molar-refractivity contribution is -0.131. The van der Waals surface area contributed by atoms with E-state index < -0.39 is 0 Å². The molecule has 5 heteroatoms. The summed E-state index contributed by atoms with van der Waals surface area (Å²) in [5.74, 6) is 1.89. The molecule has 2 aliphatic rings. The Hall–Kier alpha value is -1.75. The van der Waals surface area contributed by atoms with E-state index >= 15 is 0 Å². The third-order valence-corrected chi connectivity index (χ3v) is 4.98. The fourth-order valence-corrected chi connectivity index (χ4v) is 3.47. The molecule has 1 amide bonds. The second kappa shape index (κ2) is 7.68. The van der Waals surface area contributed by atoms with Crippen LogP contribution in [0.5, 0.6) is 5.75 Å². The Labute approximate surface area is 138 Å². The number of hydrogen-bond acceptors (Lipinski definition) is 4. The molecule has 0 radical (unpaired) electrons. The minimum absolute atomic E-state index is 0.321. The second-order valence-corrected chi connectivity index (χ2v) is 6.47. The van der Waals surface area contributed by atoms with E-state index in [2.05, 4.69) is 22.3 Å². The van der Waals surface area contributed by atoms with E-state index in [1.807, 2.05) is 17.0 Å². The Morgan fingerprint density at radius 2 is 2.13 bits per heavy atom. The molecule has 5 nitrogen and oxygen atoms in total. The normalized spacial score (nSPS) is 21.5. The first-order valence-corrected chi connectivity index (χ1v) is 8.64. The van der Waals surface area contributed by atoms with Crippen molar-refractivity contribution in [3.05, 3.63) is 24.3 Å². The van der Waals surface area contributed by atoms with Gasteiger partial charge in [0.05, 0.1) is 7.11 Å². The molecule has 2 saturated heterocycles. The van der Waals surface area contributed by atoms with Crippen molar-refractivity contribution in [1.29, 1.82) is 0 Å². The van der Waals surface area contributed by atoms with Crippen LogP contribution < -0.4 is 15.0 Å². The van der Waals surface area contributed by atoms with Gasteiger partial charge >= 0.3 is 0 Å². The van der Waals surface area contributed by atoms with Crippen LogP contribution in [-0.4, -0.2) is 57.2 Å². The van der Waals surface area contributed by atoms with Crippen molar-refractivity contribution < 1.29 is 9.53 Å². The molecule has 1 aromatic rings. The zero-order chi connectivity index (χ0) is 16.1. The fraction of sp³-hybridized carbons (Fsp3) is 0.611. The lowest BCUT2D eigenvalue weighted by Crippen LogP contribution is -2.48. The minimum Gasteiger partial charge on any atom is -0.497 e. The molecule has 3 rings (SSSR count). The summed E-state index contributed by atoms with van der Waals surface area (Å²) < 4.78 is 5.29. The van der Waals surface area contributed by atoms with Crippen LogP contribution in [0.3, 0.4) is 0 Å². The number of methoxy groups -OCH3 is 1. The zero-order valence-electron chi connectivity index (χ0n) is 14.0. The van der Waals surface area contributed by atoms with Crippen molar-refractivity contribution in [2.45, 2.75) is 19.3 Å². The van der Waals surface area contributed by atoms with Gasteiger partial charge in [-0.25, -0.2) is 0 Å². The Kier molecular flexibility index (Phi) is 5.39. The topological polar surface area (TPSA) is 44.8 Å². The van der Waals surface area contributed by atoms with E-state index in [1.54, 1.807) is 7.11 Å². The number of carbonyl (C=O) groups excluding carboxylic acids is 1. The number of benzene rings is 1. The molecular weight excluding hydrogens is 290 g/mol. The van der Waals surface area contributed by atoms with Gasteiger partial charge in [-0.2, -0.15) is 0 Å². The van der Waals surface area contributed by atoms with E-state index in [4.69, 9.17) is 4.74 Å². The summed E-state index contributed by atoms with van der Waals surface area (Å²) in [6, 6.07) is 8.14. The van der Waals surface area contributed by atoms with Crippen molar-refractivity contribution in [3.8, 4) is 5.75 Å². The molecule has 1 atom stereocenters. The van der Waals surface area contributed by atoms with Crippen LogP contribution in [0.2, 0.25) is 0 Å². The summed E-state index contributed by atoms with van der Waals surface area (Å²) in [4.78, 5) is 16.7. The highest BCUT2D eigenvalue weighted by Crippen LogP contribution is 2.22. The van der Waals surface area contributed by atoms with Crippen LogP contribution >= 0.6 is 0 Å². The molecule has 2 aliphatic heterocycles. The third kappa shape index (κ3) is 4.16. The Morgan fingerprint density at radius 3 is 2.83 bits per heavy atom. The maximum atomic E-state index is 12.4. The highest BCUT2D eigenvalue weighted by atomic mass is 16.5. The number of nitrogens with zero attached hydrogens (tertiary/aromatic N) is 2. The first-order chi connectivity index (χ1) is 11.3. The Morgan fingerprint density at radius 1 is 1.30 bits per heavy atom. The molecule has 0 aliphatic carbocycles. The first kappa shape index (κ1) is 16.1. The van der Waals surface area contributed by atoms with E-state index in [0.717, 1.165) is 51.4 Å². The standard InChI is InChI=1S/C18H27N3O2/c1-23-17-4-2-3-16(13-17)20-9-11-21(12-10-20)18(22)6-5-15-7-8-19-14-15/h2-4,13,15,19H,5-12,14H2,1H3. The smallest absolute Gasteiger partial charge is 0.222 e. The number of nitrogens with one attached hydrogen (secondary N) is 1. The van der Waals surface area contributed by atoms with Gasteiger partial charge in [0.2, 0.25) is 5.91 Å². The molecule has 2 fully saturated rings. The van der Waals surface area contributed by atoms with Gasteiger partial charge in [-0.3, -0.25) is 4.79 Å². The molecular formula is C18H27N3O2. The fourth-order valence-electron chi connectivity index (χ4n) is 3.47. The van der Waals surface area contributed by atoms with Gasteiger partial charge < -0.3 is 19.9 Å². The Balaban J connectivity index is 1.46. The molecule has 23 heavy (non-hydrogen) atoms. The predicted octanol–water partition coefficient (Wildman–Crippen LogP) is 1.73. The molecule has 1 unspecified atom stereocenters. The quantitative estimate of drug-likeness (QED) is 0.898. The molecule has 2 heterocycles. The summed E-state index contributed by atoms with van der Waals surface area (Å²) >= 11 is 0. The maximum absolute atomic E-state index is 12.4. The maximum Gasteiger partial charge on any atom is 0.222 e. The van der Waals surface area contributed by atoms with Gasteiger partial charge in [-0.1, -0.05) is 6.07 Å². The highest BCUT2D eigenvalue weighted by molar-refractivity contribution is 5.76. The number of hydrogen-bond donors (Lipinski definition) is 1. The van der Waals surface area contributed by atoms with Gasteiger partial charge in [-0.05, 0) is 44.0 Å². The van der Waals surface area contributed by atoms with Crippen LogP contribution in [0.25, 0.3) is 0 Å². The van der Waals surface area contributed by atoms with Crippen LogP contribution in [0.1, 0.15) is 19.3 Å². The minimum atomic E-state index is 0.321. The van der Waals surface area contributed by atoms with E-state index in [-0.39, 0.29) is 0 Å². The summed E-state index contributed by atoms with van der Waals surface area (Å²) in [6.07, 6.45) is 2.95. The van der Waals surface area contributed by atoms with Crippen LogP contribution in [0, 0.1) is 5.92 Å². The largest absolute Gasteiger partial charge is 0.497 e. The summed E-state index contributed by atoms with van der Waals surface area (Å²) in [5.41, 5.74) is 1.17. The molecule has 1 N–H and O–H groups in total. The van der Waals surface area contributed by atoms with Crippen molar-refractivity contribution in [2.24, 2.45) is 5.92 Å². The van der Waals surface area contributed by atoms with Gasteiger partial charge in [0.1, 0.15) is 5.75 Å². The zero-order valence-corrected chi connectivity index (χ0v) is 14.0. The molecule has 1 aromatic carbocycles. The van der Waals surface area contributed by atoms with E-state index in [9.17, 15) is 4.79 Å². The van der Waals surface area contributed by atoms with Gasteiger partial charge in [0, 0.05) is 44.4 Å². The SMILES string of the molecule is COc1cccc(N2CCN(C(=O)CCC3CCNC3)CC2)c1. The van der Waals surface area contributed by atoms with E-state index in [1.165, 1.54) is 12.1 Å². The molecule has 0 saturated carbocycles. The first-order valence-electron chi connectivity index (χ1n) is 8.64. The third-order valence-electron chi connectivity index (χ3n) is 4.98. The monoisotopic (exact) mass is 317 g/mol. The number of ether oxygens (including phenoxy) is 1. The molecule has 0 aromatic heterocycles. The number of rotatable bonds is 5. The van der Waals surface area contributed by atoms with Crippen molar-refractivity contribution in [1.82, 2.24) is 10.2 Å². The summed E-state index contributed by atoms with van der Waals surface area (Å²) in [7, 11) is 1.69. The average Bonchev–Trinajstić information content (AvgIpc) is 3.13. The molecule has 0 bridgehead atoms. The van der Waals surface area contributed by atoms with Crippen LogP contribution in [-0.2, 0) is 4.79 Å². The lowest BCUT2D eigenvalue weighted by Gasteiger charge is -2.36. The highest BCUT2D eigenvalue weighted by Gasteiger charge is 2.23. The lowest BCUT2D eigenvalue weighted by atomic mass is 10.0. The Bertz CT molecular complexity index is 521. The number of amides is 1. The van der Waals surface area contributed by atoms with Gasteiger partial charge in [-0.15, -0.1) is 0 Å². The summed E-state index contributed by atoms with van der Waals surface area (Å²) in [5, 5.41) is 3.37. The van der Waals surface area contributed by atoms with Crippen LogP contribution in [0.4, 0.5) is 5.69 Å². The van der Waals surface area contributed by atoms with Gasteiger partial charge in [0.15, 0.2) is 0 Å². The predicted molar refractivity (Wildman–Crippen MR) is 92.0 cm³/mol. The second-order valence-electron chi connectivity index (χ2n) is 6.47. The van der Waals surface area contributed by atoms with Crippen molar-refractivity contribution in [3.63, 3.8) is 0 Å². The number of carbonyl (C=O) groups is 1. The van der Waals surface area contributed by atoms with Crippen molar-refractivity contribution in [2.75, 3.05) is 51.3 Å². The number of anilines is 1. The van der Waals surface area contributed by atoms with E-state index in [0.29, 0.717) is 18.2 Å². The molecule has 126 valence electrons. The number of piperazine rings is 1. The summed E-state index contributed by atoms with van der Waals surface area (Å²) in [6.45, 7) is 5.61. The molecule has 0 spiro atoms. The average molecular weight is 317 g/mol.